The fourth-order valence-electron chi connectivity index (χ4n) is 1.77. The van der Waals surface area contributed by atoms with E-state index in [1.54, 1.807) is 0 Å². The molecule has 5 heteroatoms. The van der Waals surface area contributed by atoms with Crippen LogP contribution in [0.5, 0.6) is 5.75 Å². The molecule has 0 spiro atoms. The van der Waals surface area contributed by atoms with Crippen LogP contribution in [0.25, 0.3) is 0 Å². The summed E-state index contributed by atoms with van der Waals surface area (Å²) in [5.74, 6) is -1.96. The smallest absolute Gasteiger partial charge is 0.200 e. The molecule has 2 nitrogen and oxygen atoms in total. The van der Waals surface area contributed by atoms with Crippen LogP contribution in [0.4, 0.5) is 8.78 Å². The molecule has 0 aliphatic carbocycles. The van der Waals surface area contributed by atoms with Gasteiger partial charge in [0.1, 0.15) is 6.61 Å². The number of halogens is 3. The van der Waals surface area contributed by atoms with E-state index in [1.807, 2.05) is 25.2 Å². The molecule has 0 unspecified atom stereocenters. The summed E-state index contributed by atoms with van der Waals surface area (Å²) in [7, 11) is 1.87. The summed E-state index contributed by atoms with van der Waals surface area (Å²) in [5, 5.41) is 3.06. The number of hydrogen-bond donors (Lipinski definition) is 1. The Kier molecular flexibility index (Phi) is 5.09. The van der Waals surface area contributed by atoms with Crippen molar-refractivity contribution in [1.82, 2.24) is 5.32 Å². The quantitative estimate of drug-likeness (QED) is 0.886. The third kappa shape index (κ3) is 3.55. The second-order valence-electron chi connectivity index (χ2n) is 4.30. The molecule has 0 heterocycles. The molecule has 0 aromatic heterocycles. The van der Waals surface area contributed by atoms with Crippen molar-refractivity contribution in [2.45, 2.75) is 13.2 Å². The normalized spacial score (nSPS) is 10.6. The molecule has 0 fully saturated rings. The van der Waals surface area contributed by atoms with Gasteiger partial charge in [-0.25, -0.2) is 4.39 Å². The molecule has 20 heavy (non-hydrogen) atoms. The van der Waals surface area contributed by atoms with Crippen LogP contribution in [-0.4, -0.2) is 7.05 Å². The van der Waals surface area contributed by atoms with Gasteiger partial charge in [0.05, 0.1) is 0 Å². The van der Waals surface area contributed by atoms with E-state index in [4.69, 9.17) is 4.74 Å². The highest BCUT2D eigenvalue weighted by molar-refractivity contribution is 9.10. The second kappa shape index (κ2) is 6.81. The highest BCUT2D eigenvalue weighted by Crippen LogP contribution is 2.23. The van der Waals surface area contributed by atoms with Crippen LogP contribution in [-0.2, 0) is 13.2 Å². The summed E-state index contributed by atoms with van der Waals surface area (Å²) in [5.41, 5.74) is 1.99. The van der Waals surface area contributed by atoms with Gasteiger partial charge in [-0.05, 0) is 30.8 Å². The number of benzene rings is 2. The van der Waals surface area contributed by atoms with Crippen molar-refractivity contribution in [3.05, 3.63) is 63.6 Å². The maximum Gasteiger partial charge on any atom is 0.200 e. The van der Waals surface area contributed by atoms with Gasteiger partial charge in [-0.2, -0.15) is 4.39 Å². The summed E-state index contributed by atoms with van der Waals surface area (Å²) >= 11 is 3.45. The Bertz CT molecular complexity index is 604. The number of ether oxygens (including phenoxy) is 1. The van der Waals surface area contributed by atoms with Crippen molar-refractivity contribution in [2.75, 3.05) is 7.05 Å². The molecular formula is C15H14BrF2NO. The van der Waals surface area contributed by atoms with E-state index >= 15 is 0 Å². The van der Waals surface area contributed by atoms with Gasteiger partial charge in [0.2, 0.25) is 5.82 Å². The largest absolute Gasteiger partial charge is 0.486 e. The molecule has 106 valence electrons. The monoisotopic (exact) mass is 341 g/mol. The average molecular weight is 342 g/mol. The minimum Gasteiger partial charge on any atom is -0.486 e. The molecular weight excluding hydrogens is 328 g/mol. The van der Waals surface area contributed by atoms with Gasteiger partial charge in [-0.15, -0.1) is 0 Å². The zero-order valence-corrected chi connectivity index (χ0v) is 12.5. The van der Waals surface area contributed by atoms with Crippen LogP contribution in [0.2, 0.25) is 0 Å². The molecule has 0 amide bonds. The molecule has 2 aromatic carbocycles. The Labute approximate surface area is 124 Å². The van der Waals surface area contributed by atoms with Crippen LogP contribution in [0.15, 0.2) is 40.9 Å². The lowest BCUT2D eigenvalue weighted by Crippen LogP contribution is -2.05. The van der Waals surface area contributed by atoms with Crippen molar-refractivity contribution in [1.29, 1.82) is 0 Å². The van der Waals surface area contributed by atoms with Gasteiger partial charge < -0.3 is 10.1 Å². The third-order valence-corrected chi connectivity index (χ3v) is 3.54. The number of rotatable bonds is 5. The van der Waals surface area contributed by atoms with Crippen LogP contribution < -0.4 is 10.1 Å². The molecule has 0 saturated heterocycles. The van der Waals surface area contributed by atoms with Crippen molar-refractivity contribution >= 4 is 15.9 Å². The van der Waals surface area contributed by atoms with Crippen molar-refractivity contribution in [3.63, 3.8) is 0 Å². The topological polar surface area (TPSA) is 21.3 Å². The lowest BCUT2D eigenvalue weighted by Gasteiger charge is -2.10. The third-order valence-electron chi connectivity index (χ3n) is 2.80. The fourth-order valence-corrected chi connectivity index (χ4v) is 2.31. The lowest BCUT2D eigenvalue weighted by molar-refractivity contribution is 0.284. The van der Waals surface area contributed by atoms with E-state index in [0.717, 1.165) is 28.2 Å². The highest BCUT2D eigenvalue weighted by Gasteiger charge is 2.09. The molecule has 0 atom stereocenters. The van der Waals surface area contributed by atoms with E-state index in [2.05, 4.69) is 21.2 Å². The molecule has 0 aliphatic heterocycles. The minimum atomic E-state index is -0.963. The van der Waals surface area contributed by atoms with Crippen LogP contribution in [0.3, 0.4) is 0 Å². The Morgan fingerprint density at radius 2 is 2.00 bits per heavy atom. The minimum absolute atomic E-state index is 0.0869. The van der Waals surface area contributed by atoms with Crippen LogP contribution in [0.1, 0.15) is 11.1 Å². The summed E-state index contributed by atoms with van der Waals surface area (Å²) in [6, 6.07) is 9.71. The molecule has 1 N–H and O–H groups in total. The summed E-state index contributed by atoms with van der Waals surface area (Å²) in [6.07, 6.45) is 0. The first-order valence-electron chi connectivity index (χ1n) is 6.10. The first-order chi connectivity index (χ1) is 9.61. The van der Waals surface area contributed by atoms with Gasteiger partial charge >= 0.3 is 0 Å². The number of nitrogens with one attached hydrogen (secondary N) is 1. The van der Waals surface area contributed by atoms with Crippen LogP contribution in [0, 0.1) is 11.6 Å². The van der Waals surface area contributed by atoms with Gasteiger partial charge in [0, 0.05) is 16.6 Å². The van der Waals surface area contributed by atoms with Gasteiger partial charge in [0.15, 0.2) is 11.6 Å². The average Bonchev–Trinajstić information content (AvgIpc) is 2.42. The van der Waals surface area contributed by atoms with Gasteiger partial charge in [-0.3, -0.25) is 0 Å². The van der Waals surface area contributed by atoms with Gasteiger partial charge in [0.25, 0.3) is 0 Å². The molecule has 0 aliphatic rings. The lowest BCUT2D eigenvalue weighted by atomic mass is 10.1. The Hall–Kier alpha value is -1.46. The van der Waals surface area contributed by atoms with E-state index in [9.17, 15) is 8.78 Å². The summed E-state index contributed by atoms with van der Waals surface area (Å²) in [4.78, 5) is 0. The Morgan fingerprint density at radius 3 is 2.70 bits per heavy atom. The molecule has 0 bridgehead atoms. The summed E-state index contributed by atoms with van der Waals surface area (Å²) in [6.45, 7) is 0.930. The second-order valence-corrected chi connectivity index (χ2v) is 5.15. The molecule has 2 rings (SSSR count). The Balaban J connectivity index is 2.09. The first-order valence-corrected chi connectivity index (χ1v) is 6.90. The summed E-state index contributed by atoms with van der Waals surface area (Å²) < 4.78 is 32.7. The molecule has 0 saturated carbocycles. The van der Waals surface area contributed by atoms with E-state index in [1.165, 1.54) is 12.1 Å². The zero-order valence-electron chi connectivity index (χ0n) is 10.9. The van der Waals surface area contributed by atoms with E-state index in [0.29, 0.717) is 0 Å². The SMILES string of the molecule is CNCc1ccc(COc2cccc(F)c2F)c(Br)c1. The maximum absolute atomic E-state index is 13.4. The Morgan fingerprint density at radius 1 is 1.20 bits per heavy atom. The van der Waals surface area contributed by atoms with Crippen molar-refractivity contribution in [2.24, 2.45) is 0 Å². The standard InChI is InChI=1S/C15H14BrF2NO/c1-19-8-10-5-6-11(12(16)7-10)9-20-14-4-2-3-13(17)15(14)18/h2-7,19H,8-9H2,1H3. The van der Waals surface area contributed by atoms with Crippen LogP contribution >= 0.6 is 15.9 Å². The zero-order chi connectivity index (χ0) is 14.5. The molecule has 2 aromatic rings. The van der Waals surface area contributed by atoms with Gasteiger partial charge in [-0.1, -0.05) is 34.1 Å². The predicted molar refractivity (Wildman–Crippen MR) is 77.6 cm³/mol. The highest BCUT2D eigenvalue weighted by atomic mass is 79.9. The van der Waals surface area contributed by atoms with E-state index < -0.39 is 11.6 Å². The fraction of sp³-hybridized carbons (Fsp3) is 0.200. The predicted octanol–water partition coefficient (Wildman–Crippen LogP) is 4.03. The van der Waals surface area contributed by atoms with Crippen molar-refractivity contribution in [3.8, 4) is 5.75 Å². The first kappa shape index (κ1) is 14.9. The number of hydrogen-bond acceptors (Lipinski definition) is 2. The van der Waals surface area contributed by atoms with E-state index in [-0.39, 0.29) is 12.4 Å². The van der Waals surface area contributed by atoms with Crippen molar-refractivity contribution < 1.29 is 13.5 Å². The molecule has 0 radical (unpaired) electrons. The maximum atomic E-state index is 13.4.